The van der Waals surface area contributed by atoms with Crippen molar-refractivity contribution in [2.75, 3.05) is 11.9 Å². The maximum Gasteiger partial charge on any atom is 0.249 e. The number of fused-ring (bicyclic) bond motifs is 2. The number of pyridine rings is 1. The molecule has 5 heteroatoms. The Kier molecular flexibility index (Phi) is 5.00. The lowest BCUT2D eigenvalue weighted by atomic mass is 10.0. The van der Waals surface area contributed by atoms with Crippen LogP contribution in [0, 0.1) is 0 Å². The number of rotatable bonds is 3. The number of aryl methyl sites for hydroxylation is 2. The van der Waals surface area contributed by atoms with Gasteiger partial charge in [0, 0.05) is 43.5 Å². The molecule has 0 unspecified atom stereocenters. The van der Waals surface area contributed by atoms with Crippen LogP contribution in [-0.2, 0) is 14.1 Å². The maximum absolute atomic E-state index is 4.62. The van der Waals surface area contributed by atoms with Crippen LogP contribution >= 0.6 is 11.8 Å². The van der Waals surface area contributed by atoms with E-state index in [0.717, 1.165) is 11.5 Å². The van der Waals surface area contributed by atoms with E-state index in [2.05, 4.69) is 118 Å². The third-order valence-electron chi connectivity index (χ3n) is 6.53. The lowest BCUT2D eigenvalue weighted by Gasteiger charge is -2.15. The number of benzene rings is 3. The number of imidazole rings is 1. The van der Waals surface area contributed by atoms with Crippen molar-refractivity contribution in [2.45, 2.75) is 4.90 Å². The average Bonchev–Trinajstić information content (AvgIpc) is 3.44. The molecular weight excluding hydrogens is 436 g/mol. The Hall–Kier alpha value is -3.83. The molecule has 4 nitrogen and oxygen atoms in total. The van der Waals surface area contributed by atoms with Crippen LogP contribution in [0.5, 0.6) is 0 Å². The zero-order chi connectivity index (χ0) is 23.2. The molecule has 0 amide bonds. The van der Waals surface area contributed by atoms with E-state index in [-0.39, 0.29) is 0 Å². The molecule has 0 spiro atoms. The van der Waals surface area contributed by atoms with Crippen LogP contribution < -0.4 is 9.47 Å². The molecule has 3 heterocycles. The number of hydrogen-bond donors (Lipinski definition) is 0. The SMILES string of the molecule is CN1C(=Cc2cc(-c3nccn3C)[n+](C)c3ccccc23)Sc2ccc(-c3ccccc3)cc21. The van der Waals surface area contributed by atoms with Crippen molar-refractivity contribution >= 4 is 34.4 Å². The van der Waals surface area contributed by atoms with Crippen molar-refractivity contribution < 1.29 is 4.57 Å². The van der Waals surface area contributed by atoms with Crippen molar-refractivity contribution in [1.29, 1.82) is 0 Å². The molecule has 166 valence electrons. The van der Waals surface area contributed by atoms with Gasteiger partial charge < -0.3 is 9.47 Å². The molecule has 0 saturated carbocycles. The molecule has 0 fully saturated rings. The Morgan fingerprint density at radius 1 is 0.882 bits per heavy atom. The number of thioether (sulfide) groups is 1. The summed E-state index contributed by atoms with van der Waals surface area (Å²) >= 11 is 1.82. The molecule has 3 aromatic carbocycles. The van der Waals surface area contributed by atoms with Gasteiger partial charge in [-0.25, -0.2) is 4.98 Å². The van der Waals surface area contributed by atoms with E-state index in [1.165, 1.54) is 43.2 Å². The van der Waals surface area contributed by atoms with Crippen LogP contribution in [0.3, 0.4) is 0 Å². The molecule has 1 aliphatic rings. The Morgan fingerprint density at radius 3 is 2.47 bits per heavy atom. The highest BCUT2D eigenvalue weighted by atomic mass is 32.2. The lowest BCUT2D eigenvalue weighted by molar-refractivity contribution is -0.633. The van der Waals surface area contributed by atoms with Crippen LogP contribution in [0.4, 0.5) is 5.69 Å². The molecule has 0 aliphatic carbocycles. The Balaban J connectivity index is 1.46. The summed E-state index contributed by atoms with van der Waals surface area (Å²) in [5.74, 6) is 0.955. The van der Waals surface area contributed by atoms with Crippen molar-refractivity contribution in [3.05, 3.63) is 102 Å². The molecule has 0 atom stereocenters. The monoisotopic (exact) mass is 461 g/mol. The lowest BCUT2D eigenvalue weighted by Crippen LogP contribution is -2.33. The zero-order valence-corrected chi connectivity index (χ0v) is 20.3. The molecule has 0 saturated heterocycles. The van der Waals surface area contributed by atoms with E-state index >= 15 is 0 Å². The van der Waals surface area contributed by atoms with E-state index in [9.17, 15) is 0 Å². The zero-order valence-electron chi connectivity index (χ0n) is 19.4. The van der Waals surface area contributed by atoms with Crippen LogP contribution in [0.1, 0.15) is 5.56 Å². The van der Waals surface area contributed by atoms with Crippen LogP contribution in [0.15, 0.2) is 101 Å². The van der Waals surface area contributed by atoms with E-state index in [1.807, 2.05) is 31.2 Å². The fraction of sp³-hybridized carbons (Fsp3) is 0.103. The predicted molar refractivity (Wildman–Crippen MR) is 141 cm³/mol. The molecule has 0 radical (unpaired) electrons. The van der Waals surface area contributed by atoms with Crippen molar-refractivity contribution in [2.24, 2.45) is 14.1 Å². The third-order valence-corrected chi connectivity index (χ3v) is 7.70. The first kappa shape index (κ1) is 20.8. The Morgan fingerprint density at radius 2 is 1.68 bits per heavy atom. The standard InChI is InChI=1S/C29H25N4S/c1-31-16-15-30-29(31)26-18-22(23-11-7-8-12-24(23)32(26)2)19-28-33(3)25-17-21(13-14-27(25)34-28)20-9-5-4-6-10-20/h4-19H,1-3H3/q+1. The summed E-state index contributed by atoms with van der Waals surface area (Å²) in [6.45, 7) is 0. The maximum atomic E-state index is 4.62. The molecule has 6 rings (SSSR count). The van der Waals surface area contributed by atoms with Gasteiger partial charge in [-0.2, -0.15) is 4.57 Å². The summed E-state index contributed by atoms with van der Waals surface area (Å²) in [5.41, 5.74) is 7.19. The van der Waals surface area contributed by atoms with Gasteiger partial charge in [-0.3, -0.25) is 0 Å². The topological polar surface area (TPSA) is 24.9 Å². The third kappa shape index (κ3) is 3.40. The van der Waals surface area contributed by atoms with Crippen molar-refractivity contribution in [1.82, 2.24) is 9.55 Å². The molecule has 0 N–H and O–H groups in total. The van der Waals surface area contributed by atoms with Gasteiger partial charge in [0.1, 0.15) is 7.05 Å². The Bertz CT molecular complexity index is 1570. The predicted octanol–water partition coefficient (Wildman–Crippen LogP) is 6.27. The number of hydrogen-bond acceptors (Lipinski definition) is 3. The molecular formula is C29H25N4S+. The van der Waals surface area contributed by atoms with Gasteiger partial charge >= 0.3 is 0 Å². The van der Waals surface area contributed by atoms with Crippen molar-refractivity contribution in [3.63, 3.8) is 0 Å². The number of anilines is 1. The van der Waals surface area contributed by atoms with E-state index < -0.39 is 0 Å². The first-order chi connectivity index (χ1) is 16.6. The van der Waals surface area contributed by atoms with E-state index in [0.29, 0.717) is 0 Å². The smallest absolute Gasteiger partial charge is 0.249 e. The van der Waals surface area contributed by atoms with Gasteiger partial charge in [0.2, 0.25) is 17.0 Å². The van der Waals surface area contributed by atoms with Gasteiger partial charge in [0.05, 0.1) is 16.1 Å². The number of para-hydroxylation sites is 1. The molecule has 34 heavy (non-hydrogen) atoms. The highest BCUT2D eigenvalue weighted by Gasteiger charge is 2.25. The molecule has 5 aromatic rings. The molecule has 1 aliphatic heterocycles. The van der Waals surface area contributed by atoms with Gasteiger partial charge in [0.15, 0.2) is 0 Å². The first-order valence-electron chi connectivity index (χ1n) is 11.3. The second-order valence-corrected chi connectivity index (χ2v) is 9.68. The normalized spacial score (nSPS) is 14.2. The molecule has 0 bridgehead atoms. The second kappa shape index (κ2) is 8.19. The molecule has 2 aromatic heterocycles. The van der Waals surface area contributed by atoms with Gasteiger partial charge in [0.25, 0.3) is 0 Å². The fourth-order valence-electron chi connectivity index (χ4n) is 4.64. The summed E-state index contributed by atoms with van der Waals surface area (Å²) < 4.78 is 4.30. The summed E-state index contributed by atoms with van der Waals surface area (Å²) in [7, 11) is 6.31. The summed E-state index contributed by atoms with van der Waals surface area (Å²) in [5, 5.41) is 2.44. The minimum atomic E-state index is 0.955. The van der Waals surface area contributed by atoms with Gasteiger partial charge in [-0.05, 0) is 41.0 Å². The minimum Gasteiger partial charge on any atom is -0.338 e. The first-order valence-corrected chi connectivity index (χ1v) is 12.1. The Labute approximate surface area is 203 Å². The van der Waals surface area contributed by atoms with Crippen molar-refractivity contribution in [3.8, 4) is 22.6 Å². The fourth-order valence-corrected chi connectivity index (χ4v) is 5.73. The number of aromatic nitrogens is 3. The van der Waals surface area contributed by atoms with Gasteiger partial charge in [-0.1, -0.05) is 60.3 Å². The average molecular weight is 462 g/mol. The largest absolute Gasteiger partial charge is 0.338 e. The second-order valence-electron chi connectivity index (χ2n) is 8.62. The van der Waals surface area contributed by atoms with Crippen LogP contribution in [-0.4, -0.2) is 16.6 Å². The summed E-state index contributed by atoms with van der Waals surface area (Å²) in [6, 6.07) is 28.1. The highest BCUT2D eigenvalue weighted by Crippen LogP contribution is 2.47. The van der Waals surface area contributed by atoms with E-state index in [1.54, 1.807) is 0 Å². The number of nitrogens with zero attached hydrogens (tertiary/aromatic N) is 4. The quantitative estimate of drug-likeness (QED) is 0.296. The summed E-state index contributed by atoms with van der Waals surface area (Å²) in [6.07, 6.45) is 6.15. The van der Waals surface area contributed by atoms with Crippen LogP contribution in [0.25, 0.3) is 39.6 Å². The minimum absolute atomic E-state index is 0.955. The van der Waals surface area contributed by atoms with Gasteiger partial charge in [-0.15, -0.1) is 0 Å². The van der Waals surface area contributed by atoms with Crippen LogP contribution in [0.2, 0.25) is 0 Å². The van der Waals surface area contributed by atoms with E-state index in [4.69, 9.17) is 0 Å². The summed E-state index contributed by atoms with van der Waals surface area (Å²) in [4.78, 5) is 8.20. The highest BCUT2D eigenvalue weighted by molar-refractivity contribution is 8.03.